The number of nitrogens with zero attached hydrogens (tertiary/aromatic N) is 2. The molecule has 5 nitrogen and oxygen atoms in total. The summed E-state index contributed by atoms with van der Waals surface area (Å²) in [6.45, 7) is 5.73. The molecule has 0 radical (unpaired) electrons. The summed E-state index contributed by atoms with van der Waals surface area (Å²) in [6.07, 6.45) is 0. The lowest BCUT2D eigenvalue weighted by molar-refractivity contribution is -0.0130. The Balaban J connectivity index is 1.64. The zero-order valence-corrected chi connectivity index (χ0v) is 8.19. The molecule has 2 fully saturated rings. The summed E-state index contributed by atoms with van der Waals surface area (Å²) < 4.78 is 21.1. The van der Waals surface area contributed by atoms with Gasteiger partial charge in [-0.15, -0.1) is 0 Å². The minimum atomic E-state index is -2.33. The van der Waals surface area contributed by atoms with Gasteiger partial charge in [-0.1, -0.05) is 0 Å². The molecule has 0 aliphatic carbocycles. The van der Waals surface area contributed by atoms with Crippen LogP contribution in [0.5, 0.6) is 0 Å². The van der Waals surface area contributed by atoms with Crippen molar-refractivity contribution in [2.75, 3.05) is 13.1 Å². The normalized spacial score (nSPS) is 47.2. The van der Waals surface area contributed by atoms with Crippen LogP contribution in [0, 0.1) is 0 Å². The SMILES string of the molecule is C[C@@H]1CN1O[PH](=O)ON1C[C@H]1C. The van der Waals surface area contributed by atoms with Gasteiger partial charge in [-0.05, 0) is 13.8 Å². The van der Waals surface area contributed by atoms with Crippen LogP contribution in [-0.2, 0) is 13.8 Å². The van der Waals surface area contributed by atoms with Crippen LogP contribution in [0.3, 0.4) is 0 Å². The molecule has 0 saturated carbocycles. The highest BCUT2D eigenvalue weighted by atomic mass is 31.1. The third-order valence-electron chi connectivity index (χ3n) is 1.99. The molecule has 0 aromatic carbocycles. The topological polar surface area (TPSA) is 41.6 Å². The minimum absolute atomic E-state index is 0.397. The maximum atomic E-state index is 11.1. The summed E-state index contributed by atoms with van der Waals surface area (Å²) >= 11 is 0. The quantitative estimate of drug-likeness (QED) is 0.483. The molecule has 2 saturated heterocycles. The van der Waals surface area contributed by atoms with Crippen LogP contribution >= 0.6 is 8.25 Å². The van der Waals surface area contributed by atoms with Crippen molar-refractivity contribution in [2.24, 2.45) is 0 Å². The third kappa shape index (κ3) is 2.06. The van der Waals surface area contributed by atoms with E-state index in [-0.39, 0.29) is 0 Å². The molecule has 70 valence electrons. The zero-order valence-electron chi connectivity index (χ0n) is 7.19. The van der Waals surface area contributed by atoms with E-state index < -0.39 is 8.25 Å². The fourth-order valence-corrected chi connectivity index (χ4v) is 1.81. The van der Waals surface area contributed by atoms with E-state index in [9.17, 15) is 4.57 Å². The van der Waals surface area contributed by atoms with Crippen LogP contribution in [0.15, 0.2) is 0 Å². The summed E-state index contributed by atoms with van der Waals surface area (Å²) in [5.41, 5.74) is 0. The second-order valence-corrected chi connectivity index (χ2v) is 4.20. The Morgan fingerprint density at radius 2 is 1.50 bits per heavy atom. The minimum Gasteiger partial charge on any atom is -0.260 e. The molecule has 4 atom stereocenters. The molecule has 2 aliphatic rings. The summed E-state index contributed by atoms with van der Waals surface area (Å²) in [6, 6.07) is 0.795. The van der Waals surface area contributed by atoms with Crippen molar-refractivity contribution in [3.63, 3.8) is 0 Å². The number of rotatable bonds is 4. The molecule has 0 amide bonds. The Kier molecular flexibility index (Phi) is 2.23. The van der Waals surface area contributed by atoms with E-state index >= 15 is 0 Å². The molecule has 6 heteroatoms. The average molecular weight is 192 g/mol. The fraction of sp³-hybridized carbons (Fsp3) is 1.00. The van der Waals surface area contributed by atoms with Gasteiger partial charge in [0.15, 0.2) is 0 Å². The molecule has 0 N–H and O–H groups in total. The Bertz CT molecular complexity index is 193. The molecular weight excluding hydrogens is 179 g/mol. The summed E-state index contributed by atoms with van der Waals surface area (Å²) in [5, 5.41) is 3.32. The van der Waals surface area contributed by atoms with Gasteiger partial charge in [0.25, 0.3) is 0 Å². The van der Waals surface area contributed by atoms with E-state index in [2.05, 4.69) is 0 Å². The van der Waals surface area contributed by atoms with Gasteiger partial charge in [0.1, 0.15) is 0 Å². The lowest BCUT2D eigenvalue weighted by Gasteiger charge is -2.04. The molecule has 2 unspecified atom stereocenters. The van der Waals surface area contributed by atoms with Gasteiger partial charge in [-0.3, -0.25) is 4.57 Å². The van der Waals surface area contributed by atoms with Crippen molar-refractivity contribution < 1.29 is 13.8 Å². The van der Waals surface area contributed by atoms with Gasteiger partial charge >= 0.3 is 8.25 Å². The predicted molar refractivity (Wildman–Crippen MR) is 43.5 cm³/mol. The fourth-order valence-electron chi connectivity index (χ4n) is 0.889. The highest BCUT2D eigenvalue weighted by Gasteiger charge is 2.36. The molecule has 2 rings (SSSR count). The van der Waals surface area contributed by atoms with Gasteiger partial charge < -0.3 is 0 Å². The molecule has 12 heavy (non-hydrogen) atoms. The first-order valence-electron chi connectivity index (χ1n) is 4.10. The largest absolute Gasteiger partial charge is 0.352 e. The van der Waals surface area contributed by atoms with E-state index in [0.29, 0.717) is 12.1 Å². The maximum Gasteiger partial charge on any atom is 0.352 e. The second-order valence-electron chi connectivity index (χ2n) is 3.33. The van der Waals surface area contributed by atoms with Crippen molar-refractivity contribution in [3.8, 4) is 0 Å². The van der Waals surface area contributed by atoms with Gasteiger partial charge in [-0.25, -0.2) is 9.25 Å². The van der Waals surface area contributed by atoms with E-state index in [4.69, 9.17) is 9.25 Å². The summed E-state index contributed by atoms with van der Waals surface area (Å²) in [4.78, 5) is 0. The van der Waals surface area contributed by atoms with Crippen LogP contribution < -0.4 is 0 Å². The van der Waals surface area contributed by atoms with Crippen LogP contribution in [0.25, 0.3) is 0 Å². The van der Waals surface area contributed by atoms with E-state index in [1.54, 1.807) is 10.1 Å². The number of hydroxylamine groups is 4. The highest BCUT2D eigenvalue weighted by Crippen LogP contribution is 2.36. The van der Waals surface area contributed by atoms with Gasteiger partial charge in [0, 0.05) is 25.2 Å². The van der Waals surface area contributed by atoms with E-state index in [1.165, 1.54) is 0 Å². The third-order valence-corrected chi connectivity index (χ3v) is 2.76. The highest BCUT2D eigenvalue weighted by molar-refractivity contribution is 7.33. The molecule has 0 bridgehead atoms. The Labute approximate surface area is 72.1 Å². The lowest BCUT2D eigenvalue weighted by Crippen LogP contribution is -2.00. The monoisotopic (exact) mass is 192 g/mol. The van der Waals surface area contributed by atoms with E-state index in [0.717, 1.165) is 13.1 Å². The van der Waals surface area contributed by atoms with Crippen molar-refractivity contribution in [1.29, 1.82) is 0 Å². The smallest absolute Gasteiger partial charge is 0.260 e. The maximum absolute atomic E-state index is 11.1. The lowest BCUT2D eigenvalue weighted by atomic mass is 10.6. The van der Waals surface area contributed by atoms with Gasteiger partial charge in [-0.2, -0.15) is 10.1 Å². The van der Waals surface area contributed by atoms with Crippen molar-refractivity contribution >= 4 is 8.25 Å². The molecule has 0 aromatic rings. The molecular formula is C6H13N2O3P. The van der Waals surface area contributed by atoms with Crippen LogP contribution in [0.4, 0.5) is 0 Å². The number of hydrogen-bond acceptors (Lipinski definition) is 5. The van der Waals surface area contributed by atoms with Crippen molar-refractivity contribution in [2.45, 2.75) is 25.9 Å². The Morgan fingerprint density at radius 1 is 1.17 bits per heavy atom. The van der Waals surface area contributed by atoms with Crippen molar-refractivity contribution in [3.05, 3.63) is 0 Å². The molecule has 0 aromatic heterocycles. The molecule has 0 spiro atoms. The summed E-state index contributed by atoms with van der Waals surface area (Å²) in [7, 11) is -2.33. The van der Waals surface area contributed by atoms with Crippen molar-refractivity contribution in [1.82, 2.24) is 10.1 Å². The predicted octanol–water partition coefficient (Wildman–Crippen LogP) is 0.647. The standard InChI is InChI=1S/C6H13N2O3P/c1-5-3-7(5)10-12(9)11-8-4-6(8)2/h5-6,12H,3-4H2,1-2H3/t5-,6-,7?,8?/m1/s1. The Hall–Kier alpha value is 0.0700. The van der Waals surface area contributed by atoms with Crippen LogP contribution in [-0.4, -0.2) is 35.3 Å². The summed E-state index contributed by atoms with van der Waals surface area (Å²) in [5.74, 6) is 0. The van der Waals surface area contributed by atoms with E-state index in [1.807, 2.05) is 13.8 Å². The van der Waals surface area contributed by atoms with Gasteiger partial charge in [0.2, 0.25) is 0 Å². The first kappa shape index (κ1) is 8.66. The first-order chi connectivity index (χ1) is 5.66. The first-order valence-corrected chi connectivity index (χ1v) is 5.32. The Morgan fingerprint density at radius 3 is 1.75 bits per heavy atom. The average Bonchev–Trinajstić information content (AvgIpc) is 2.80. The van der Waals surface area contributed by atoms with Gasteiger partial charge in [0.05, 0.1) is 0 Å². The van der Waals surface area contributed by atoms with Crippen LogP contribution in [0.1, 0.15) is 13.8 Å². The second kappa shape index (κ2) is 3.09. The van der Waals surface area contributed by atoms with Crippen LogP contribution in [0.2, 0.25) is 0 Å². The number of hydrogen-bond donors (Lipinski definition) is 0. The molecule has 2 aliphatic heterocycles. The zero-order chi connectivity index (χ0) is 8.72. The molecule has 2 heterocycles.